The van der Waals surface area contributed by atoms with Crippen LogP contribution < -0.4 is 11.1 Å². The SMILES string of the molecule is C=CN(C)/C(=C\N)C(NC(=O)C1CC1)C1=Cc2cccnc2C(N2CCN(C(=O)OC(C)(C)C)CC2)c2ccc(Cl)cc21. The molecule has 2 fully saturated rings. The second-order valence-electron chi connectivity index (χ2n) is 12.3. The normalized spacial score (nSPS) is 19.7. The number of piperazine rings is 1. The number of nitrogens with zero attached hydrogens (tertiary/aromatic N) is 4. The van der Waals surface area contributed by atoms with Gasteiger partial charge in [-0.3, -0.25) is 14.7 Å². The maximum Gasteiger partial charge on any atom is 0.410 e. The predicted molar refractivity (Wildman–Crippen MR) is 170 cm³/mol. The minimum absolute atomic E-state index is 0.00300. The largest absolute Gasteiger partial charge is 0.444 e. The highest BCUT2D eigenvalue weighted by atomic mass is 35.5. The molecule has 5 rings (SSSR count). The maximum atomic E-state index is 13.2. The molecule has 0 radical (unpaired) electrons. The Balaban J connectivity index is 1.58. The van der Waals surface area contributed by atoms with Crippen molar-refractivity contribution in [3.63, 3.8) is 0 Å². The highest BCUT2D eigenvalue weighted by Crippen LogP contribution is 2.43. The lowest BCUT2D eigenvalue weighted by molar-refractivity contribution is -0.122. The number of hydrogen-bond donors (Lipinski definition) is 2. The minimum atomic E-state index is -0.561. The lowest BCUT2D eigenvalue weighted by Crippen LogP contribution is -2.51. The summed E-state index contributed by atoms with van der Waals surface area (Å²) in [5.41, 5.74) is 11.0. The summed E-state index contributed by atoms with van der Waals surface area (Å²) >= 11 is 6.65. The van der Waals surface area contributed by atoms with Crippen molar-refractivity contribution in [3.05, 3.63) is 88.6 Å². The van der Waals surface area contributed by atoms with Crippen LogP contribution in [-0.4, -0.2) is 76.6 Å². The highest BCUT2D eigenvalue weighted by molar-refractivity contribution is 6.30. The summed E-state index contributed by atoms with van der Waals surface area (Å²) in [4.78, 5) is 36.9. The summed E-state index contributed by atoms with van der Waals surface area (Å²) in [6.07, 6.45) is 8.55. The molecule has 2 atom stereocenters. The molecule has 228 valence electrons. The quantitative estimate of drug-likeness (QED) is 0.458. The van der Waals surface area contributed by atoms with Gasteiger partial charge in [-0.05, 0) is 86.4 Å². The molecule has 0 bridgehead atoms. The third-order valence-electron chi connectivity index (χ3n) is 8.09. The van der Waals surface area contributed by atoms with E-state index in [0.717, 1.165) is 40.8 Å². The first-order valence-corrected chi connectivity index (χ1v) is 15.1. The Labute approximate surface area is 259 Å². The van der Waals surface area contributed by atoms with Crippen LogP contribution in [0.15, 0.2) is 61.2 Å². The van der Waals surface area contributed by atoms with Crippen molar-refractivity contribution in [1.82, 2.24) is 25.0 Å². The molecular formula is C33H41ClN6O3. The first kappa shape index (κ1) is 30.6. The molecule has 0 spiro atoms. The standard InChI is InChI=1S/C33H41ClN6O3/c1-6-38(5)27(20-35)29(37-31(41)21-9-10-21)26-18-22-8-7-13-36-28(22)30(24-12-11-23(34)19-25(24)26)39-14-16-40(17-15-39)32(42)43-33(2,3)4/h6-8,11-13,18-21,29-30H,1,9-10,14-17,35H2,2-5H3,(H,37,41)/b27-20-. The number of likely N-dealkylation sites (N-methyl/N-ethyl adjacent to an activating group) is 1. The van der Waals surface area contributed by atoms with Crippen molar-refractivity contribution in [2.45, 2.75) is 51.3 Å². The van der Waals surface area contributed by atoms with Crippen LogP contribution in [0.3, 0.4) is 0 Å². The van der Waals surface area contributed by atoms with Crippen LogP contribution in [0.4, 0.5) is 4.79 Å². The fourth-order valence-electron chi connectivity index (χ4n) is 5.73. The van der Waals surface area contributed by atoms with E-state index in [1.54, 1.807) is 17.3 Å². The molecule has 43 heavy (non-hydrogen) atoms. The molecule has 1 aromatic carbocycles. The van der Waals surface area contributed by atoms with E-state index in [2.05, 4.69) is 22.9 Å². The van der Waals surface area contributed by atoms with Gasteiger partial charge in [-0.2, -0.15) is 0 Å². The predicted octanol–water partition coefficient (Wildman–Crippen LogP) is 5.00. The molecule has 10 heteroatoms. The van der Waals surface area contributed by atoms with E-state index in [0.29, 0.717) is 36.9 Å². The van der Waals surface area contributed by atoms with Gasteiger partial charge in [-0.25, -0.2) is 4.79 Å². The molecule has 1 saturated carbocycles. The van der Waals surface area contributed by atoms with Crippen LogP contribution in [0.5, 0.6) is 0 Å². The first-order valence-electron chi connectivity index (χ1n) is 14.8. The van der Waals surface area contributed by atoms with Crippen LogP contribution >= 0.6 is 11.6 Å². The number of nitrogens with two attached hydrogens (primary N) is 1. The van der Waals surface area contributed by atoms with E-state index < -0.39 is 11.6 Å². The summed E-state index contributed by atoms with van der Waals surface area (Å²) < 4.78 is 5.63. The maximum absolute atomic E-state index is 13.2. The number of pyridine rings is 1. The van der Waals surface area contributed by atoms with Crippen LogP contribution in [0, 0.1) is 5.92 Å². The smallest absolute Gasteiger partial charge is 0.410 e. The Morgan fingerprint density at radius 3 is 2.56 bits per heavy atom. The molecule has 1 saturated heterocycles. The number of aromatic nitrogens is 1. The molecule has 2 amide bonds. The van der Waals surface area contributed by atoms with Gasteiger partial charge in [0.2, 0.25) is 5.91 Å². The Hall–Kier alpha value is -3.82. The summed E-state index contributed by atoms with van der Waals surface area (Å²) in [5.74, 6) is 0.000467. The van der Waals surface area contributed by atoms with E-state index in [-0.39, 0.29) is 24.0 Å². The zero-order valence-electron chi connectivity index (χ0n) is 25.3. The fourth-order valence-corrected chi connectivity index (χ4v) is 5.90. The topological polar surface area (TPSA) is 104 Å². The average molecular weight is 605 g/mol. The van der Waals surface area contributed by atoms with Crippen LogP contribution in [0.2, 0.25) is 5.02 Å². The molecule has 1 aliphatic heterocycles. The Bertz CT molecular complexity index is 1450. The van der Waals surface area contributed by atoms with Crippen LogP contribution in [0.1, 0.15) is 62.0 Å². The number of carbonyl (C=O) groups is 2. The zero-order chi connectivity index (χ0) is 30.9. The van der Waals surface area contributed by atoms with E-state index in [1.165, 1.54) is 6.20 Å². The number of ether oxygens (including phenoxy) is 1. The number of fused-ring (bicyclic) bond motifs is 2. The molecular weight excluding hydrogens is 564 g/mol. The average Bonchev–Trinajstić information content (AvgIpc) is 3.83. The summed E-state index contributed by atoms with van der Waals surface area (Å²) in [6.45, 7) is 11.9. The molecule has 3 N–H and O–H groups in total. The molecule has 2 aromatic rings. The van der Waals surface area contributed by atoms with Gasteiger partial charge < -0.3 is 25.6 Å². The number of rotatable bonds is 7. The van der Waals surface area contributed by atoms with Crippen molar-refractivity contribution >= 4 is 35.3 Å². The lowest BCUT2D eigenvalue weighted by atomic mass is 9.89. The number of carbonyl (C=O) groups excluding carboxylic acids is 2. The number of halogens is 1. The van der Waals surface area contributed by atoms with Gasteiger partial charge in [0.15, 0.2) is 0 Å². The number of benzene rings is 1. The third kappa shape index (κ3) is 6.73. The minimum Gasteiger partial charge on any atom is -0.444 e. The fraction of sp³-hybridized carbons (Fsp3) is 0.424. The van der Waals surface area contributed by atoms with Gasteiger partial charge in [0.1, 0.15) is 5.60 Å². The van der Waals surface area contributed by atoms with Crippen molar-refractivity contribution < 1.29 is 14.3 Å². The number of amides is 2. The van der Waals surface area contributed by atoms with Crippen LogP contribution in [0.25, 0.3) is 11.6 Å². The van der Waals surface area contributed by atoms with Gasteiger partial charge in [-0.1, -0.05) is 30.3 Å². The van der Waals surface area contributed by atoms with Crippen molar-refractivity contribution in [2.24, 2.45) is 11.7 Å². The lowest BCUT2D eigenvalue weighted by Gasteiger charge is -2.40. The molecule has 2 unspecified atom stereocenters. The molecule has 2 aliphatic carbocycles. The van der Waals surface area contributed by atoms with E-state index in [1.807, 2.05) is 63.1 Å². The Morgan fingerprint density at radius 1 is 1.21 bits per heavy atom. The van der Waals surface area contributed by atoms with Gasteiger partial charge in [-0.15, -0.1) is 0 Å². The second-order valence-corrected chi connectivity index (χ2v) is 12.8. The van der Waals surface area contributed by atoms with Crippen molar-refractivity contribution in [3.8, 4) is 0 Å². The monoisotopic (exact) mass is 604 g/mol. The van der Waals surface area contributed by atoms with E-state index in [4.69, 9.17) is 27.1 Å². The molecule has 9 nitrogen and oxygen atoms in total. The van der Waals surface area contributed by atoms with Gasteiger partial charge in [0, 0.05) is 56.6 Å². The van der Waals surface area contributed by atoms with Gasteiger partial charge in [0.05, 0.1) is 23.5 Å². The molecule has 1 aromatic heterocycles. The van der Waals surface area contributed by atoms with Crippen molar-refractivity contribution in [1.29, 1.82) is 0 Å². The Kier molecular flexibility index (Phi) is 8.85. The number of hydrogen-bond acceptors (Lipinski definition) is 7. The summed E-state index contributed by atoms with van der Waals surface area (Å²) in [6, 6.07) is 9.08. The first-order chi connectivity index (χ1) is 20.5. The second kappa shape index (κ2) is 12.4. The van der Waals surface area contributed by atoms with Crippen molar-refractivity contribution in [2.75, 3.05) is 33.2 Å². The molecule has 2 heterocycles. The summed E-state index contributed by atoms with van der Waals surface area (Å²) in [5, 5.41) is 3.87. The zero-order valence-corrected chi connectivity index (χ0v) is 26.1. The highest BCUT2D eigenvalue weighted by Gasteiger charge is 2.38. The Morgan fingerprint density at radius 2 is 1.93 bits per heavy atom. The number of nitrogens with one attached hydrogen (secondary N) is 1. The van der Waals surface area contributed by atoms with Gasteiger partial charge >= 0.3 is 6.09 Å². The summed E-state index contributed by atoms with van der Waals surface area (Å²) in [7, 11) is 1.86. The third-order valence-corrected chi connectivity index (χ3v) is 8.32. The van der Waals surface area contributed by atoms with E-state index in [9.17, 15) is 9.59 Å². The molecule has 3 aliphatic rings. The van der Waals surface area contributed by atoms with Gasteiger partial charge in [0.25, 0.3) is 0 Å². The van der Waals surface area contributed by atoms with E-state index >= 15 is 0 Å². The van der Waals surface area contributed by atoms with Crippen LogP contribution in [-0.2, 0) is 9.53 Å².